The molecule has 1 atom stereocenters. The van der Waals surface area contributed by atoms with Crippen molar-refractivity contribution in [1.82, 2.24) is 9.13 Å². The van der Waals surface area contributed by atoms with Crippen LogP contribution in [0.2, 0.25) is 0 Å². The summed E-state index contributed by atoms with van der Waals surface area (Å²) in [5.41, 5.74) is 30.0. The second-order valence-corrected chi connectivity index (χ2v) is 24.2. The van der Waals surface area contributed by atoms with Gasteiger partial charge in [-0.15, -0.1) is 0 Å². The van der Waals surface area contributed by atoms with Gasteiger partial charge in [-0.2, -0.15) is 0 Å². The molecule has 1 unspecified atom stereocenters. The van der Waals surface area contributed by atoms with E-state index in [4.69, 9.17) is 0 Å². The van der Waals surface area contributed by atoms with Crippen molar-refractivity contribution in [2.24, 2.45) is 0 Å². The summed E-state index contributed by atoms with van der Waals surface area (Å²) in [5, 5.41) is 7.56. The average Bonchev–Trinajstić information content (AvgIpc) is 1.55. The Morgan fingerprint density at radius 2 is 0.747 bits per heavy atom. The molecule has 2 spiro atoms. The largest absolute Gasteiger partial charge is 0.310 e. The van der Waals surface area contributed by atoms with Crippen LogP contribution in [-0.4, -0.2) is 9.13 Å². The predicted molar refractivity (Wildman–Crippen MR) is 360 cm³/mol. The minimum Gasteiger partial charge on any atom is -0.310 e. The highest BCUT2D eigenvalue weighted by atomic mass is 15.1. The molecule has 0 bridgehead atoms. The van der Waals surface area contributed by atoms with Crippen molar-refractivity contribution in [3.05, 3.63) is 354 Å². The van der Waals surface area contributed by atoms with Crippen LogP contribution in [0.3, 0.4) is 0 Å². The van der Waals surface area contributed by atoms with E-state index in [0.717, 1.165) is 28.3 Å². The second-order valence-electron chi connectivity index (χ2n) is 24.2. The van der Waals surface area contributed by atoms with Gasteiger partial charge in [0.25, 0.3) is 0 Å². The molecule has 87 heavy (non-hydrogen) atoms. The van der Waals surface area contributed by atoms with Gasteiger partial charge in [0.15, 0.2) is 0 Å². The molecular formula is C84H51N3. The minimum atomic E-state index is -0.623. The highest BCUT2D eigenvalue weighted by molar-refractivity contribution is 6.14. The van der Waals surface area contributed by atoms with E-state index in [-0.39, 0.29) is 0 Å². The fraction of sp³-hybridized carbons (Fsp3) is 0.0238. The van der Waals surface area contributed by atoms with Crippen molar-refractivity contribution in [3.63, 3.8) is 0 Å². The number of anilines is 3. The molecule has 3 aliphatic carbocycles. The number of benzene rings is 14. The van der Waals surface area contributed by atoms with Crippen molar-refractivity contribution < 1.29 is 0 Å². The van der Waals surface area contributed by atoms with Crippen molar-refractivity contribution >= 4 is 71.4 Å². The molecule has 0 fully saturated rings. The number of hydrogen-bond acceptors (Lipinski definition) is 1. The van der Waals surface area contributed by atoms with Gasteiger partial charge in [0.2, 0.25) is 0 Å². The molecule has 20 rings (SSSR count). The van der Waals surface area contributed by atoms with Crippen molar-refractivity contribution in [1.29, 1.82) is 0 Å². The standard InChI is InChI=1S/C84H51N3/c1-2-20-55(21-3-1)86-77-34-15-10-27-65(77)68-49-54(40-48-79(68)86)52-37-41-56(42-38-52)85(58-44-46-67-76(51-58)83(73-47-39-53-19-4-5-22-59(53)81(67)73)69-29-11-6-23-60(69)61-24-7-12-30-70(61)83)57-43-45-63-62-25-8-13-31-71(62)84(75(63)50-57)72-32-14-17-36-80(72)87-78-35-16-9-26-64(78)66-28-18-33-74(84)82(66)87/h1-51H. The van der Waals surface area contributed by atoms with Gasteiger partial charge in [-0.1, -0.05) is 231 Å². The van der Waals surface area contributed by atoms with Crippen molar-refractivity contribution in [2.45, 2.75) is 10.8 Å². The van der Waals surface area contributed by atoms with Crippen molar-refractivity contribution in [2.75, 3.05) is 4.90 Å². The molecule has 3 nitrogen and oxygen atoms in total. The summed E-state index contributed by atoms with van der Waals surface area (Å²) < 4.78 is 4.93. The van der Waals surface area contributed by atoms with Crippen LogP contribution in [0.4, 0.5) is 17.1 Å². The molecule has 1 aliphatic heterocycles. The lowest BCUT2D eigenvalue weighted by atomic mass is 9.65. The third kappa shape index (κ3) is 5.95. The van der Waals surface area contributed by atoms with Crippen LogP contribution < -0.4 is 4.90 Å². The van der Waals surface area contributed by atoms with Gasteiger partial charge >= 0.3 is 0 Å². The van der Waals surface area contributed by atoms with E-state index in [1.165, 1.54) is 144 Å². The molecular weight excluding hydrogens is 1050 g/mol. The highest BCUT2D eigenvalue weighted by Gasteiger charge is 2.53. The molecule has 0 radical (unpaired) electrons. The fourth-order valence-electron chi connectivity index (χ4n) is 17.0. The van der Waals surface area contributed by atoms with Gasteiger partial charge in [0.1, 0.15) is 0 Å². The van der Waals surface area contributed by atoms with Gasteiger partial charge in [-0.3, -0.25) is 0 Å². The number of rotatable bonds is 5. The predicted octanol–water partition coefficient (Wildman–Crippen LogP) is 21.2. The van der Waals surface area contributed by atoms with E-state index in [0.29, 0.717) is 0 Å². The Bertz CT molecular complexity index is 5620. The minimum absolute atomic E-state index is 0.553. The molecule has 3 heteroatoms. The lowest BCUT2D eigenvalue weighted by Crippen LogP contribution is -2.33. The highest BCUT2D eigenvalue weighted by Crippen LogP contribution is 2.66. The molecule has 16 aromatic rings. The normalized spacial score (nSPS) is 15.0. The molecule has 0 saturated carbocycles. The van der Waals surface area contributed by atoms with E-state index in [1.807, 2.05) is 0 Å². The fourth-order valence-corrected chi connectivity index (χ4v) is 17.0. The van der Waals surface area contributed by atoms with Gasteiger partial charge in [0.05, 0.1) is 38.6 Å². The molecule has 0 saturated heterocycles. The molecule has 3 heterocycles. The lowest BCUT2D eigenvalue weighted by molar-refractivity contribution is 0.748. The first-order valence-electron chi connectivity index (χ1n) is 30.4. The summed E-state index contributed by atoms with van der Waals surface area (Å²) in [5.74, 6) is 0. The van der Waals surface area contributed by atoms with Crippen molar-refractivity contribution in [3.8, 4) is 55.9 Å². The van der Waals surface area contributed by atoms with Crippen LogP contribution >= 0.6 is 0 Å². The number of hydrogen-bond donors (Lipinski definition) is 0. The van der Waals surface area contributed by atoms with Crippen LogP contribution in [-0.2, 0) is 10.8 Å². The molecule has 14 aromatic carbocycles. The Kier molecular flexibility index (Phi) is 9.32. The maximum absolute atomic E-state index is 2.56. The van der Waals surface area contributed by atoms with E-state index < -0.39 is 10.8 Å². The Labute approximate surface area is 503 Å². The van der Waals surface area contributed by atoms with Gasteiger partial charge in [0, 0.05) is 44.3 Å². The van der Waals surface area contributed by atoms with Crippen LogP contribution in [0.1, 0.15) is 44.5 Å². The average molecular weight is 1100 g/mol. The third-order valence-electron chi connectivity index (χ3n) is 20.3. The van der Waals surface area contributed by atoms with Crippen LogP contribution in [0, 0.1) is 0 Å². The Hall–Kier alpha value is -11.3. The van der Waals surface area contributed by atoms with Crippen LogP contribution in [0.25, 0.3) is 110 Å². The van der Waals surface area contributed by atoms with Gasteiger partial charge in [-0.25, -0.2) is 0 Å². The first-order chi connectivity index (χ1) is 43.2. The summed E-state index contributed by atoms with van der Waals surface area (Å²) >= 11 is 0. The van der Waals surface area contributed by atoms with E-state index >= 15 is 0 Å². The summed E-state index contributed by atoms with van der Waals surface area (Å²) in [6, 6.07) is 117. The number of aromatic nitrogens is 2. The lowest BCUT2D eigenvalue weighted by Gasteiger charge is -2.40. The van der Waals surface area contributed by atoms with Gasteiger partial charge < -0.3 is 14.0 Å². The molecule has 402 valence electrons. The Balaban J connectivity index is 0.839. The third-order valence-corrected chi connectivity index (χ3v) is 20.3. The quantitative estimate of drug-likeness (QED) is 0.167. The zero-order valence-electron chi connectivity index (χ0n) is 47.3. The zero-order valence-corrected chi connectivity index (χ0v) is 47.3. The molecule has 2 aromatic heterocycles. The summed E-state index contributed by atoms with van der Waals surface area (Å²) in [6.07, 6.45) is 0. The van der Waals surface area contributed by atoms with Crippen LogP contribution in [0.5, 0.6) is 0 Å². The SMILES string of the molecule is c1ccc(-n2c3ccccc3c3cc(-c4ccc(N(c5ccc6c(c5)C5(c7ccccc7-c7ccccc75)c5ccc7ccccc7c5-6)c5ccc6c(c5)C5(c7ccccc7-6)c6ccccc6-n6c7ccccc7c7cccc5c76)cc4)ccc32)cc1. The monoisotopic (exact) mass is 1100 g/mol. The molecule has 4 aliphatic rings. The summed E-state index contributed by atoms with van der Waals surface area (Å²) in [4.78, 5) is 2.55. The maximum atomic E-state index is 2.56. The van der Waals surface area contributed by atoms with E-state index in [9.17, 15) is 0 Å². The van der Waals surface area contributed by atoms with Gasteiger partial charge in [-0.05, 0) is 179 Å². The number of para-hydroxylation sites is 5. The molecule has 0 amide bonds. The Morgan fingerprint density at radius 3 is 1.46 bits per heavy atom. The molecule has 0 N–H and O–H groups in total. The smallest absolute Gasteiger partial charge is 0.0755 e. The van der Waals surface area contributed by atoms with E-state index in [1.54, 1.807) is 0 Å². The second kappa shape index (κ2) is 17.2. The number of nitrogens with zero attached hydrogens (tertiary/aromatic N) is 3. The maximum Gasteiger partial charge on any atom is 0.0755 e. The first kappa shape index (κ1) is 47.1. The summed E-state index contributed by atoms with van der Waals surface area (Å²) in [7, 11) is 0. The Morgan fingerprint density at radius 1 is 0.253 bits per heavy atom. The van der Waals surface area contributed by atoms with E-state index in [2.05, 4.69) is 323 Å². The zero-order chi connectivity index (χ0) is 56.7. The van der Waals surface area contributed by atoms with Crippen LogP contribution in [0.15, 0.2) is 309 Å². The first-order valence-corrected chi connectivity index (χ1v) is 30.4. The summed E-state index contributed by atoms with van der Waals surface area (Å²) in [6.45, 7) is 0. The topological polar surface area (TPSA) is 13.1 Å². The number of fused-ring (bicyclic) bond motifs is 27.